The molecule has 0 saturated heterocycles. The largest absolute Gasteiger partial charge is 0.492 e. The number of rotatable bonds is 9. The number of imidazole rings is 1. The predicted octanol–water partition coefficient (Wildman–Crippen LogP) is 3.70. The number of pyridine rings is 1. The van der Waals surface area contributed by atoms with E-state index in [0.29, 0.717) is 18.3 Å². The van der Waals surface area contributed by atoms with Crippen LogP contribution in [0.4, 0.5) is 0 Å². The zero-order valence-electron chi connectivity index (χ0n) is 16.0. The summed E-state index contributed by atoms with van der Waals surface area (Å²) in [6.07, 6.45) is 2.88. The third-order valence-corrected chi connectivity index (χ3v) is 4.99. The second-order valence-corrected chi connectivity index (χ2v) is 7.63. The van der Waals surface area contributed by atoms with Gasteiger partial charge in [-0.1, -0.05) is 6.92 Å². The number of aromatic nitrogens is 3. The number of likely N-dealkylation sites (N-methyl/N-ethyl adjacent to an activating group) is 1. The number of aromatic amines is 1. The summed E-state index contributed by atoms with van der Waals surface area (Å²) >= 11 is 3.43. The molecule has 0 bridgehead atoms. The van der Waals surface area contributed by atoms with E-state index >= 15 is 0 Å². The van der Waals surface area contributed by atoms with Crippen molar-refractivity contribution in [3.63, 3.8) is 0 Å². The van der Waals surface area contributed by atoms with Crippen LogP contribution in [0.2, 0.25) is 0 Å². The molecule has 0 radical (unpaired) electrons. The van der Waals surface area contributed by atoms with Gasteiger partial charge >= 0.3 is 0 Å². The van der Waals surface area contributed by atoms with Crippen molar-refractivity contribution in [3.8, 4) is 17.1 Å². The number of ether oxygens (including phenoxy) is 1. The number of hydrogen-bond acceptors (Lipinski definition) is 5. The van der Waals surface area contributed by atoms with E-state index in [1.54, 1.807) is 6.20 Å². The van der Waals surface area contributed by atoms with E-state index in [-0.39, 0.29) is 0 Å². The minimum Gasteiger partial charge on any atom is -0.492 e. The summed E-state index contributed by atoms with van der Waals surface area (Å²) in [7, 11) is 4.23. The van der Waals surface area contributed by atoms with Gasteiger partial charge < -0.3 is 19.9 Å². The second-order valence-electron chi connectivity index (χ2n) is 6.71. The lowest BCUT2D eigenvalue weighted by Gasteiger charge is -2.23. The van der Waals surface area contributed by atoms with E-state index in [1.165, 1.54) is 0 Å². The highest BCUT2D eigenvalue weighted by molar-refractivity contribution is 9.10. The standard InChI is InChI=1S/C20H26BrN5O/c1-4-16(26(2)3)13-22-9-10-27-17-7-5-14(6-8-17)19-24-18-11-15(21)12-23-20(18)25-19/h5-8,11-12,16,22H,4,9-10,13H2,1-3H3,(H,23,24,25). The average molecular weight is 432 g/mol. The molecule has 7 heteroatoms. The van der Waals surface area contributed by atoms with Crippen molar-refractivity contribution in [3.05, 3.63) is 41.0 Å². The number of benzene rings is 1. The molecular weight excluding hydrogens is 406 g/mol. The van der Waals surface area contributed by atoms with Crippen LogP contribution < -0.4 is 10.1 Å². The molecule has 1 aromatic carbocycles. The van der Waals surface area contributed by atoms with Gasteiger partial charge in [-0.15, -0.1) is 0 Å². The average Bonchev–Trinajstić information content (AvgIpc) is 3.08. The maximum atomic E-state index is 5.82. The Hall–Kier alpha value is -1.96. The fourth-order valence-corrected chi connectivity index (χ4v) is 3.25. The van der Waals surface area contributed by atoms with Crippen LogP contribution in [-0.2, 0) is 0 Å². The molecule has 2 aromatic heterocycles. The van der Waals surface area contributed by atoms with Crippen molar-refractivity contribution in [2.75, 3.05) is 33.8 Å². The van der Waals surface area contributed by atoms with Crippen LogP contribution in [0.1, 0.15) is 13.3 Å². The SMILES string of the molecule is CCC(CNCCOc1ccc(-c2nc3ncc(Br)cc3[nH]2)cc1)N(C)C. The Morgan fingerprint density at radius 3 is 2.74 bits per heavy atom. The molecular formula is C20H26BrN5O. The van der Waals surface area contributed by atoms with Crippen molar-refractivity contribution in [2.24, 2.45) is 0 Å². The van der Waals surface area contributed by atoms with Gasteiger partial charge in [-0.2, -0.15) is 0 Å². The molecule has 1 atom stereocenters. The van der Waals surface area contributed by atoms with Crippen molar-refractivity contribution < 1.29 is 4.74 Å². The second kappa shape index (κ2) is 9.30. The molecule has 27 heavy (non-hydrogen) atoms. The Balaban J connectivity index is 1.51. The predicted molar refractivity (Wildman–Crippen MR) is 113 cm³/mol. The monoisotopic (exact) mass is 431 g/mol. The maximum absolute atomic E-state index is 5.82. The number of hydrogen-bond donors (Lipinski definition) is 2. The number of nitrogens with one attached hydrogen (secondary N) is 2. The highest BCUT2D eigenvalue weighted by Crippen LogP contribution is 2.23. The molecule has 0 amide bonds. The van der Waals surface area contributed by atoms with Crippen LogP contribution in [0.5, 0.6) is 5.75 Å². The fraction of sp³-hybridized carbons (Fsp3) is 0.400. The van der Waals surface area contributed by atoms with E-state index in [2.05, 4.69) is 62.1 Å². The molecule has 0 saturated carbocycles. The molecule has 0 aliphatic carbocycles. The molecule has 2 heterocycles. The zero-order chi connectivity index (χ0) is 19.2. The Morgan fingerprint density at radius 2 is 2.04 bits per heavy atom. The Kier molecular flexibility index (Phi) is 6.82. The lowest BCUT2D eigenvalue weighted by atomic mass is 10.2. The van der Waals surface area contributed by atoms with Crippen LogP contribution in [0.15, 0.2) is 41.0 Å². The third kappa shape index (κ3) is 5.28. The van der Waals surface area contributed by atoms with Gasteiger partial charge in [0.2, 0.25) is 0 Å². The van der Waals surface area contributed by atoms with Crippen molar-refractivity contribution in [1.82, 2.24) is 25.2 Å². The molecule has 2 N–H and O–H groups in total. The van der Waals surface area contributed by atoms with Gasteiger partial charge in [0.1, 0.15) is 18.2 Å². The van der Waals surface area contributed by atoms with Crippen LogP contribution in [0, 0.1) is 0 Å². The molecule has 3 aromatic rings. The first-order chi connectivity index (χ1) is 13.1. The summed E-state index contributed by atoms with van der Waals surface area (Å²) in [4.78, 5) is 14.4. The summed E-state index contributed by atoms with van der Waals surface area (Å²) in [5.41, 5.74) is 2.63. The van der Waals surface area contributed by atoms with Gasteiger partial charge in [-0.3, -0.25) is 0 Å². The number of halogens is 1. The van der Waals surface area contributed by atoms with Crippen LogP contribution in [0.3, 0.4) is 0 Å². The van der Waals surface area contributed by atoms with Gasteiger partial charge in [0.15, 0.2) is 5.65 Å². The maximum Gasteiger partial charge on any atom is 0.178 e. The Bertz CT molecular complexity index is 862. The smallest absolute Gasteiger partial charge is 0.178 e. The Labute approximate surface area is 168 Å². The van der Waals surface area contributed by atoms with Crippen LogP contribution in [0.25, 0.3) is 22.6 Å². The quantitative estimate of drug-likeness (QED) is 0.505. The normalized spacial score (nSPS) is 12.6. The van der Waals surface area contributed by atoms with E-state index < -0.39 is 0 Å². The first kappa shape index (κ1) is 19.8. The third-order valence-electron chi connectivity index (χ3n) is 4.56. The minimum absolute atomic E-state index is 0.559. The number of H-pyrrole nitrogens is 1. The number of fused-ring (bicyclic) bond motifs is 1. The first-order valence-electron chi connectivity index (χ1n) is 9.18. The molecule has 0 fully saturated rings. The topological polar surface area (TPSA) is 66.1 Å². The van der Waals surface area contributed by atoms with Crippen molar-refractivity contribution >= 4 is 27.1 Å². The van der Waals surface area contributed by atoms with Crippen molar-refractivity contribution in [1.29, 1.82) is 0 Å². The van der Waals surface area contributed by atoms with Gasteiger partial charge in [-0.05, 0) is 66.8 Å². The van der Waals surface area contributed by atoms with E-state index in [4.69, 9.17) is 4.74 Å². The van der Waals surface area contributed by atoms with Crippen molar-refractivity contribution in [2.45, 2.75) is 19.4 Å². The molecule has 6 nitrogen and oxygen atoms in total. The highest BCUT2D eigenvalue weighted by atomic mass is 79.9. The highest BCUT2D eigenvalue weighted by Gasteiger charge is 2.08. The van der Waals surface area contributed by atoms with Gasteiger partial charge in [-0.25, -0.2) is 9.97 Å². The van der Waals surface area contributed by atoms with Gasteiger partial charge in [0.05, 0.1) is 5.52 Å². The fourth-order valence-electron chi connectivity index (χ4n) is 2.92. The summed E-state index contributed by atoms with van der Waals surface area (Å²) in [5.74, 6) is 1.66. The summed E-state index contributed by atoms with van der Waals surface area (Å²) in [5, 5.41) is 3.45. The molecule has 0 spiro atoms. The lowest BCUT2D eigenvalue weighted by molar-refractivity contribution is 0.262. The van der Waals surface area contributed by atoms with Gasteiger partial charge in [0, 0.05) is 35.4 Å². The molecule has 0 aliphatic heterocycles. The minimum atomic E-state index is 0.559. The number of nitrogens with zero attached hydrogens (tertiary/aromatic N) is 3. The summed E-state index contributed by atoms with van der Waals surface area (Å²) in [6, 6.07) is 10.5. The lowest BCUT2D eigenvalue weighted by Crippen LogP contribution is -2.38. The van der Waals surface area contributed by atoms with E-state index in [9.17, 15) is 0 Å². The van der Waals surface area contributed by atoms with E-state index in [0.717, 1.165) is 46.6 Å². The van der Waals surface area contributed by atoms with Crippen LogP contribution >= 0.6 is 15.9 Å². The van der Waals surface area contributed by atoms with Crippen LogP contribution in [-0.4, -0.2) is 59.7 Å². The summed E-state index contributed by atoms with van der Waals surface area (Å²) in [6.45, 7) is 4.66. The first-order valence-corrected chi connectivity index (χ1v) is 9.97. The molecule has 0 aliphatic rings. The Morgan fingerprint density at radius 1 is 1.26 bits per heavy atom. The zero-order valence-corrected chi connectivity index (χ0v) is 17.6. The molecule has 144 valence electrons. The van der Waals surface area contributed by atoms with Gasteiger partial charge in [0.25, 0.3) is 0 Å². The molecule has 1 unspecified atom stereocenters. The van der Waals surface area contributed by atoms with E-state index in [1.807, 2.05) is 30.3 Å². The molecule has 3 rings (SSSR count). The summed E-state index contributed by atoms with van der Waals surface area (Å²) < 4.78 is 6.75.